The van der Waals surface area contributed by atoms with Crippen molar-refractivity contribution in [2.24, 2.45) is 0 Å². The number of nitrogens with one attached hydrogen (secondary N) is 1. The van der Waals surface area contributed by atoms with Crippen LogP contribution >= 0.6 is 0 Å². The van der Waals surface area contributed by atoms with E-state index in [1.807, 2.05) is 0 Å². The predicted octanol–water partition coefficient (Wildman–Crippen LogP) is 3.67. The van der Waals surface area contributed by atoms with E-state index in [0.717, 1.165) is 16.8 Å². The highest BCUT2D eigenvalue weighted by molar-refractivity contribution is 5.91. The molecule has 0 spiro atoms. The first-order chi connectivity index (χ1) is 19.1. The molecule has 4 rings (SSSR count). The molecule has 210 valence electrons. The number of rotatable bonds is 12. The van der Waals surface area contributed by atoms with Crippen LogP contribution in [-0.4, -0.2) is 43.0 Å². The van der Waals surface area contributed by atoms with E-state index >= 15 is 0 Å². The molecule has 10 nitrogen and oxygen atoms in total. The molecular weight excluding hydrogens is 536 g/mol. The molecule has 0 aliphatic carbocycles. The summed E-state index contributed by atoms with van der Waals surface area (Å²) in [5, 5.41) is 9.98. The molecule has 3 aromatic heterocycles. The Morgan fingerprint density at radius 2 is 1.93 bits per heavy atom. The first-order valence-corrected chi connectivity index (χ1v) is 12.0. The molecule has 1 atom stereocenters. The maximum Gasteiger partial charge on any atom is 0.573 e. The van der Waals surface area contributed by atoms with Crippen LogP contribution in [0.5, 0.6) is 11.6 Å². The second kappa shape index (κ2) is 12.9. The van der Waals surface area contributed by atoms with Gasteiger partial charge in [0, 0.05) is 37.6 Å². The lowest BCUT2D eigenvalue weighted by atomic mass is 10.2. The van der Waals surface area contributed by atoms with E-state index in [9.17, 15) is 27.2 Å². The van der Waals surface area contributed by atoms with Crippen LogP contribution in [0.1, 0.15) is 28.0 Å². The van der Waals surface area contributed by atoms with Crippen LogP contribution in [0.2, 0.25) is 0 Å². The molecule has 4 aromatic rings. The molecule has 14 heteroatoms. The Morgan fingerprint density at radius 1 is 1.07 bits per heavy atom. The molecule has 3 heterocycles. The number of benzene rings is 1. The van der Waals surface area contributed by atoms with Crippen LogP contribution in [0.4, 0.5) is 17.6 Å². The van der Waals surface area contributed by atoms with Crippen molar-refractivity contribution in [1.29, 1.82) is 0 Å². The Morgan fingerprint density at radius 3 is 2.67 bits per heavy atom. The minimum Gasteiger partial charge on any atom is -0.473 e. The van der Waals surface area contributed by atoms with Crippen LogP contribution in [0.15, 0.2) is 78.0 Å². The lowest BCUT2D eigenvalue weighted by Gasteiger charge is -2.11. The average Bonchev–Trinajstić information content (AvgIpc) is 3.38. The first kappa shape index (κ1) is 28.3. The second-order valence-electron chi connectivity index (χ2n) is 8.61. The minimum absolute atomic E-state index is 0.0153. The fourth-order valence-electron chi connectivity index (χ4n) is 3.60. The van der Waals surface area contributed by atoms with Crippen molar-refractivity contribution < 1.29 is 31.8 Å². The van der Waals surface area contributed by atoms with Gasteiger partial charge in [-0.2, -0.15) is 0 Å². The van der Waals surface area contributed by atoms with Crippen LogP contribution in [0, 0.1) is 0 Å². The van der Waals surface area contributed by atoms with E-state index in [2.05, 4.69) is 25.3 Å². The summed E-state index contributed by atoms with van der Waals surface area (Å²) in [6, 6.07) is 13.5. The molecule has 0 saturated heterocycles. The summed E-state index contributed by atoms with van der Waals surface area (Å²) in [5.74, 6) is -0.611. The second-order valence-corrected chi connectivity index (χ2v) is 8.61. The van der Waals surface area contributed by atoms with Gasteiger partial charge in [-0.05, 0) is 41.8 Å². The number of amides is 1. The number of nitrogens with zero attached hydrogens (tertiary/aromatic N) is 5. The summed E-state index contributed by atoms with van der Waals surface area (Å²) in [7, 11) is 0. The highest BCUT2D eigenvalue weighted by Gasteiger charge is 2.31. The van der Waals surface area contributed by atoms with Crippen molar-refractivity contribution in [3.8, 4) is 11.6 Å². The topological polar surface area (TPSA) is 113 Å². The largest absolute Gasteiger partial charge is 0.573 e. The summed E-state index contributed by atoms with van der Waals surface area (Å²) in [6.45, 7) is 0.0115. The van der Waals surface area contributed by atoms with Gasteiger partial charge in [0.2, 0.25) is 5.88 Å². The maximum absolute atomic E-state index is 14.6. The van der Waals surface area contributed by atoms with Crippen LogP contribution in [-0.2, 0) is 26.2 Å². The number of aromatic nitrogens is 5. The molecule has 1 aromatic carbocycles. The average molecular weight is 561 g/mol. The number of carbonyl (C=O) groups is 1. The third-order valence-corrected chi connectivity index (χ3v) is 5.51. The third-order valence-electron chi connectivity index (χ3n) is 5.51. The quantitative estimate of drug-likeness (QED) is 0.263. The molecule has 1 N–H and O–H groups in total. The van der Waals surface area contributed by atoms with Crippen LogP contribution < -0.4 is 20.3 Å². The Labute approximate surface area is 225 Å². The zero-order valence-electron chi connectivity index (χ0n) is 20.9. The fourth-order valence-corrected chi connectivity index (χ4v) is 3.60. The summed E-state index contributed by atoms with van der Waals surface area (Å²) in [4.78, 5) is 28.8. The Kier molecular flexibility index (Phi) is 9.09. The van der Waals surface area contributed by atoms with Crippen LogP contribution in [0.25, 0.3) is 0 Å². The minimum atomic E-state index is -4.83. The van der Waals surface area contributed by atoms with Gasteiger partial charge in [0.05, 0.1) is 12.7 Å². The van der Waals surface area contributed by atoms with Crippen molar-refractivity contribution in [1.82, 2.24) is 29.9 Å². The number of hydrogen-bond acceptors (Lipinski definition) is 7. The number of halogens is 4. The lowest BCUT2D eigenvalue weighted by molar-refractivity contribution is -0.274. The smallest absolute Gasteiger partial charge is 0.473 e. The van der Waals surface area contributed by atoms with Crippen molar-refractivity contribution >= 4 is 5.91 Å². The van der Waals surface area contributed by atoms with E-state index in [1.54, 1.807) is 36.7 Å². The van der Waals surface area contributed by atoms with E-state index in [4.69, 9.17) is 4.74 Å². The summed E-state index contributed by atoms with van der Waals surface area (Å²) in [6.07, 6.45) is -1.78. The highest BCUT2D eigenvalue weighted by Crippen LogP contribution is 2.23. The summed E-state index contributed by atoms with van der Waals surface area (Å²) in [5.41, 5.74) is 0.633. The van der Waals surface area contributed by atoms with Gasteiger partial charge < -0.3 is 19.4 Å². The lowest BCUT2D eigenvalue weighted by Crippen LogP contribution is -2.23. The SMILES string of the molecule is O=C(NCc1cccc(OC(F)(F)F)c1)c1cn(CC(F)CCn2ccc(COc3ccccn3)cc2=O)nn1. The third kappa shape index (κ3) is 8.64. The zero-order chi connectivity index (χ0) is 28.5. The Hall–Kier alpha value is -4.75. The van der Waals surface area contributed by atoms with Gasteiger partial charge in [0.25, 0.3) is 11.5 Å². The number of carbonyl (C=O) groups excluding carboxylic acids is 1. The van der Waals surface area contributed by atoms with E-state index in [-0.39, 0.29) is 43.9 Å². The highest BCUT2D eigenvalue weighted by atomic mass is 19.4. The normalized spacial score (nSPS) is 12.1. The standard InChI is InChI=1S/C26H24F4N6O4/c27-20(8-11-35-10-7-19(13-24(35)37)17-39-23-6-1-2-9-31-23)15-36-16-22(33-34-36)25(38)32-14-18-4-3-5-21(12-18)40-26(28,29)30/h1-7,9-10,12-13,16,20H,8,11,14-15,17H2,(H,32,38). The van der Waals surface area contributed by atoms with Gasteiger partial charge in [-0.3, -0.25) is 9.59 Å². The van der Waals surface area contributed by atoms with Gasteiger partial charge in [0.1, 0.15) is 18.5 Å². The van der Waals surface area contributed by atoms with Gasteiger partial charge in [-0.25, -0.2) is 14.1 Å². The van der Waals surface area contributed by atoms with E-state index in [0.29, 0.717) is 17.0 Å². The number of aryl methyl sites for hydroxylation is 1. The Balaban J connectivity index is 1.23. The van der Waals surface area contributed by atoms with Crippen molar-refractivity contribution in [3.05, 3.63) is 100 Å². The predicted molar refractivity (Wildman–Crippen MR) is 133 cm³/mol. The van der Waals surface area contributed by atoms with Crippen molar-refractivity contribution in [2.75, 3.05) is 0 Å². The van der Waals surface area contributed by atoms with Gasteiger partial charge in [-0.1, -0.05) is 23.4 Å². The zero-order valence-corrected chi connectivity index (χ0v) is 20.9. The molecule has 0 radical (unpaired) electrons. The number of hydrogen-bond donors (Lipinski definition) is 1. The van der Waals surface area contributed by atoms with Gasteiger partial charge in [-0.15, -0.1) is 18.3 Å². The van der Waals surface area contributed by atoms with E-state index < -0.39 is 24.2 Å². The Bertz CT molecular complexity index is 1480. The first-order valence-electron chi connectivity index (χ1n) is 12.0. The summed E-state index contributed by atoms with van der Waals surface area (Å²) >= 11 is 0. The van der Waals surface area contributed by atoms with E-state index in [1.165, 1.54) is 29.0 Å². The maximum atomic E-state index is 14.6. The number of ether oxygens (including phenoxy) is 2. The molecule has 0 aliphatic heterocycles. The molecule has 0 saturated carbocycles. The molecule has 0 bridgehead atoms. The molecular formula is C26H24F4N6O4. The molecule has 40 heavy (non-hydrogen) atoms. The van der Waals surface area contributed by atoms with Gasteiger partial charge in [0.15, 0.2) is 5.69 Å². The molecule has 1 amide bonds. The molecule has 0 aliphatic rings. The van der Waals surface area contributed by atoms with Crippen LogP contribution in [0.3, 0.4) is 0 Å². The molecule has 0 fully saturated rings. The van der Waals surface area contributed by atoms with Crippen molar-refractivity contribution in [2.45, 2.75) is 45.2 Å². The van der Waals surface area contributed by atoms with Crippen molar-refractivity contribution in [3.63, 3.8) is 0 Å². The van der Waals surface area contributed by atoms with Gasteiger partial charge >= 0.3 is 6.36 Å². The monoisotopic (exact) mass is 560 g/mol. The number of pyridine rings is 2. The molecule has 1 unspecified atom stereocenters. The fraction of sp³-hybridized carbons (Fsp3) is 0.269. The number of alkyl halides is 4. The summed E-state index contributed by atoms with van der Waals surface area (Å²) < 4.78 is 63.7.